The zero-order valence-corrected chi connectivity index (χ0v) is 20.3. The van der Waals surface area contributed by atoms with Crippen LogP contribution in [0.4, 0.5) is 10.1 Å². The molecule has 0 bridgehead atoms. The maximum atomic E-state index is 13.6. The number of nitrogens with zero attached hydrogens (tertiary/aromatic N) is 2. The normalized spacial score (nSPS) is 11.5. The Kier molecular flexibility index (Phi) is 7.59. The molecule has 0 aromatic heterocycles. The van der Waals surface area contributed by atoms with Crippen LogP contribution >= 0.6 is 0 Å². The molecule has 0 aliphatic rings. The standard InChI is InChI=1S/C29H25FN4O3/c1-34(2)23-13-10-19(11-14-23)16-26(32-28(36)21-7-5-8-22(30)17-21)29(37)33-31-18-25-24-9-4-3-6-20(24)12-15-27(25)35/h3-18,35H,1-2H3,(H,32,36)(H,33,37)/b26-16+,31-18?. The van der Waals surface area contributed by atoms with Gasteiger partial charge >= 0.3 is 0 Å². The van der Waals surface area contributed by atoms with Crippen molar-refractivity contribution in [2.45, 2.75) is 0 Å². The van der Waals surface area contributed by atoms with E-state index in [0.29, 0.717) is 11.1 Å². The number of hydrogen-bond donors (Lipinski definition) is 3. The largest absolute Gasteiger partial charge is 0.507 e. The van der Waals surface area contributed by atoms with E-state index in [1.54, 1.807) is 24.3 Å². The average Bonchev–Trinajstić information content (AvgIpc) is 2.89. The SMILES string of the molecule is CN(C)c1ccc(/C=C(/NC(=O)c2cccc(F)c2)C(=O)NN=Cc2c(O)ccc3ccccc23)cc1. The zero-order chi connectivity index (χ0) is 26.4. The third kappa shape index (κ3) is 6.18. The summed E-state index contributed by atoms with van der Waals surface area (Å²) in [5.74, 6) is -1.91. The van der Waals surface area contributed by atoms with E-state index < -0.39 is 17.6 Å². The van der Waals surface area contributed by atoms with Crippen LogP contribution in [0, 0.1) is 5.82 Å². The lowest BCUT2D eigenvalue weighted by Crippen LogP contribution is -2.32. The van der Waals surface area contributed by atoms with Gasteiger partial charge < -0.3 is 15.3 Å². The van der Waals surface area contributed by atoms with Crippen LogP contribution < -0.4 is 15.6 Å². The summed E-state index contributed by atoms with van der Waals surface area (Å²) in [5, 5.41) is 18.5. The molecule has 2 amide bonds. The van der Waals surface area contributed by atoms with Crippen LogP contribution in [0.15, 0.2) is 95.7 Å². The third-order valence-corrected chi connectivity index (χ3v) is 5.61. The van der Waals surface area contributed by atoms with E-state index in [2.05, 4.69) is 15.8 Å². The Balaban J connectivity index is 1.60. The molecule has 186 valence electrons. The second-order valence-corrected chi connectivity index (χ2v) is 8.43. The fourth-order valence-electron chi connectivity index (χ4n) is 3.65. The van der Waals surface area contributed by atoms with Gasteiger partial charge in [-0.2, -0.15) is 5.10 Å². The van der Waals surface area contributed by atoms with Crippen molar-refractivity contribution in [3.05, 3.63) is 113 Å². The van der Waals surface area contributed by atoms with Crippen LogP contribution in [-0.2, 0) is 4.79 Å². The first kappa shape index (κ1) is 25.1. The monoisotopic (exact) mass is 496 g/mol. The molecule has 0 fully saturated rings. The van der Waals surface area contributed by atoms with E-state index >= 15 is 0 Å². The maximum absolute atomic E-state index is 13.6. The lowest BCUT2D eigenvalue weighted by molar-refractivity contribution is -0.117. The van der Waals surface area contributed by atoms with Gasteiger partial charge in [0.25, 0.3) is 11.8 Å². The van der Waals surface area contributed by atoms with Crippen LogP contribution in [0.25, 0.3) is 16.8 Å². The molecule has 4 aromatic rings. The van der Waals surface area contributed by atoms with Crippen molar-refractivity contribution in [1.29, 1.82) is 0 Å². The lowest BCUT2D eigenvalue weighted by Gasteiger charge is -2.13. The molecule has 0 aliphatic carbocycles. The average molecular weight is 497 g/mol. The smallest absolute Gasteiger partial charge is 0.287 e. The number of carbonyl (C=O) groups is 2. The number of phenols is 1. The number of hydrazone groups is 1. The first-order valence-corrected chi connectivity index (χ1v) is 11.4. The Morgan fingerprint density at radius 3 is 2.43 bits per heavy atom. The van der Waals surface area contributed by atoms with E-state index in [-0.39, 0.29) is 17.0 Å². The second-order valence-electron chi connectivity index (χ2n) is 8.43. The molecular formula is C29H25FN4O3. The summed E-state index contributed by atoms with van der Waals surface area (Å²) in [4.78, 5) is 27.7. The highest BCUT2D eigenvalue weighted by Crippen LogP contribution is 2.25. The number of benzene rings is 4. The highest BCUT2D eigenvalue weighted by Gasteiger charge is 2.15. The Bertz CT molecular complexity index is 1510. The zero-order valence-electron chi connectivity index (χ0n) is 20.3. The number of amides is 2. The number of aromatic hydroxyl groups is 1. The topological polar surface area (TPSA) is 94.0 Å². The molecule has 4 rings (SSSR count). The molecule has 37 heavy (non-hydrogen) atoms. The lowest BCUT2D eigenvalue weighted by atomic mass is 10.0. The predicted molar refractivity (Wildman–Crippen MR) is 144 cm³/mol. The summed E-state index contributed by atoms with van der Waals surface area (Å²) in [6, 6.07) is 23.3. The molecule has 0 aliphatic heterocycles. The number of hydrogen-bond acceptors (Lipinski definition) is 5. The summed E-state index contributed by atoms with van der Waals surface area (Å²) in [5.41, 5.74) is 4.42. The van der Waals surface area contributed by atoms with Crippen LogP contribution in [0.3, 0.4) is 0 Å². The van der Waals surface area contributed by atoms with Gasteiger partial charge in [-0.05, 0) is 58.8 Å². The molecule has 0 radical (unpaired) electrons. The minimum Gasteiger partial charge on any atom is -0.507 e. The molecule has 0 atom stereocenters. The number of anilines is 1. The third-order valence-electron chi connectivity index (χ3n) is 5.61. The van der Waals surface area contributed by atoms with Crippen molar-refractivity contribution in [1.82, 2.24) is 10.7 Å². The molecule has 4 aromatic carbocycles. The van der Waals surface area contributed by atoms with Crippen molar-refractivity contribution >= 4 is 40.6 Å². The summed E-state index contributed by atoms with van der Waals surface area (Å²) >= 11 is 0. The maximum Gasteiger partial charge on any atom is 0.287 e. The molecule has 7 nitrogen and oxygen atoms in total. The van der Waals surface area contributed by atoms with E-state index in [9.17, 15) is 19.1 Å². The van der Waals surface area contributed by atoms with Gasteiger partial charge in [-0.1, -0.05) is 48.5 Å². The van der Waals surface area contributed by atoms with Crippen LogP contribution in [0.1, 0.15) is 21.5 Å². The molecule has 0 unspecified atom stereocenters. The number of fused-ring (bicyclic) bond motifs is 1. The Morgan fingerprint density at radius 2 is 1.70 bits per heavy atom. The first-order valence-electron chi connectivity index (χ1n) is 11.4. The van der Waals surface area contributed by atoms with Crippen LogP contribution in [-0.4, -0.2) is 37.2 Å². The number of halogens is 1. The molecule has 0 saturated heterocycles. The molecule has 8 heteroatoms. The number of phenolic OH excluding ortho intramolecular Hbond substituents is 1. The quantitative estimate of drug-likeness (QED) is 0.197. The summed E-state index contributed by atoms with van der Waals surface area (Å²) in [6.07, 6.45) is 2.84. The highest BCUT2D eigenvalue weighted by atomic mass is 19.1. The fraction of sp³-hybridized carbons (Fsp3) is 0.0690. The minimum atomic E-state index is -0.697. The molecule has 0 heterocycles. The van der Waals surface area contributed by atoms with Crippen molar-refractivity contribution in [3.63, 3.8) is 0 Å². The molecule has 0 spiro atoms. The molecule has 3 N–H and O–H groups in total. The van der Waals surface area contributed by atoms with Gasteiger partial charge in [0, 0.05) is 30.9 Å². The fourth-order valence-corrected chi connectivity index (χ4v) is 3.65. The minimum absolute atomic E-state index is 0.00727. The van der Waals surface area contributed by atoms with E-state index in [1.165, 1.54) is 30.5 Å². The van der Waals surface area contributed by atoms with E-state index in [0.717, 1.165) is 22.5 Å². The van der Waals surface area contributed by atoms with Crippen LogP contribution in [0.2, 0.25) is 0 Å². The van der Waals surface area contributed by atoms with Crippen molar-refractivity contribution in [3.8, 4) is 5.75 Å². The van der Waals surface area contributed by atoms with Gasteiger partial charge in [0.15, 0.2) is 0 Å². The second kappa shape index (κ2) is 11.2. The number of carbonyl (C=O) groups excluding carboxylic acids is 2. The predicted octanol–water partition coefficient (Wildman–Crippen LogP) is 4.67. The van der Waals surface area contributed by atoms with Gasteiger partial charge in [-0.15, -0.1) is 0 Å². The number of rotatable bonds is 7. The van der Waals surface area contributed by atoms with E-state index in [4.69, 9.17) is 0 Å². The summed E-state index contributed by atoms with van der Waals surface area (Å²) in [7, 11) is 3.82. The summed E-state index contributed by atoms with van der Waals surface area (Å²) < 4.78 is 13.6. The van der Waals surface area contributed by atoms with Crippen molar-refractivity contribution in [2.75, 3.05) is 19.0 Å². The van der Waals surface area contributed by atoms with E-state index in [1.807, 2.05) is 55.4 Å². The van der Waals surface area contributed by atoms with Gasteiger partial charge in [-0.25, -0.2) is 9.82 Å². The Morgan fingerprint density at radius 1 is 0.946 bits per heavy atom. The van der Waals surface area contributed by atoms with Crippen molar-refractivity contribution < 1.29 is 19.1 Å². The van der Waals surface area contributed by atoms with Gasteiger partial charge in [0.05, 0.1) is 6.21 Å². The van der Waals surface area contributed by atoms with Gasteiger partial charge in [0.2, 0.25) is 0 Å². The highest BCUT2D eigenvalue weighted by molar-refractivity contribution is 6.06. The Hall–Kier alpha value is -4.98. The summed E-state index contributed by atoms with van der Waals surface area (Å²) in [6.45, 7) is 0. The Labute approximate surface area is 213 Å². The molecular weight excluding hydrogens is 471 g/mol. The van der Waals surface area contributed by atoms with Crippen LogP contribution in [0.5, 0.6) is 5.75 Å². The van der Waals surface area contributed by atoms with Gasteiger partial charge in [-0.3, -0.25) is 9.59 Å². The van der Waals surface area contributed by atoms with Crippen molar-refractivity contribution in [2.24, 2.45) is 5.10 Å². The molecule has 0 saturated carbocycles. The van der Waals surface area contributed by atoms with Gasteiger partial charge in [0.1, 0.15) is 17.3 Å². The first-order chi connectivity index (χ1) is 17.8. The number of nitrogens with one attached hydrogen (secondary N) is 2.